The predicted molar refractivity (Wildman–Crippen MR) is 77.8 cm³/mol. The van der Waals surface area contributed by atoms with Gasteiger partial charge in [-0.15, -0.1) is 0 Å². The first kappa shape index (κ1) is 16.8. The minimum absolute atomic E-state index is 0.0607. The molecule has 1 aliphatic heterocycles. The van der Waals surface area contributed by atoms with Gasteiger partial charge >= 0.3 is 12.0 Å². The maximum Gasteiger partial charge on any atom is 0.317 e. The van der Waals surface area contributed by atoms with Crippen LogP contribution in [-0.2, 0) is 4.79 Å². The molecule has 0 aromatic carbocycles. The first-order chi connectivity index (χ1) is 9.40. The average Bonchev–Trinajstić information content (AvgIpc) is 2.35. The highest BCUT2D eigenvalue weighted by Gasteiger charge is 2.27. The second kappa shape index (κ2) is 8.09. The third-order valence-corrected chi connectivity index (χ3v) is 3.59. The van der Waals surface area contributed by atoms with Crippen molar-refractivity contribution >= 4 is 12.0 Å². The highest BCUT2D eigenvalue weighted by atomic mass is 16.4. The van der Waals surface area contributed by atoms with Crippen LogP contribution in [0.1, 0.15) is 39.0 Å². The van der Waals surface area contributed by atoms with E-state index in [1.807, 2.05) is 30.8 Å². The lowest BCUT2D eigenvalue weighted by Crippen LogP contribution is -2.52. The number of likely N-dealkylation sites (tertiary alicyclic amines) is 1. The van der Waals surface area contributed by atoms with Gasteiger partial charge < -0.3 is 20.2 Å². The number of carbonyl (C=O) groups excluding carboxylic acids is 1. The third kappa shape index (κ3) is 5.77. The van der Waals surface area contributed by atoms with E-state index >= 15 is 0 Å². The van der Waals surface area contributed by atoms with Gasteiger partial charge in [-0.05, 0) is 46.7 Å². The Morgan fingerprint density at radius 2 is 2.10 bits per heavy atom. The molecule has 0 saturated carbocycles. The molecule has 1 fully saturated rings. The van der Waals surface area contributed by atoms with Crippen LogP contribution in [0.3, 0.4) is 0 Å². The summed E-state index contributed by atoms with van der Waals surface area (Å²) >= 11 is 0. The molecule has 0 radical (unpaired) electrons. The summed E-state index contributed by atoms with van der Waals surface area (Å²) in [6, 6.07) is 0.0837. The van der Waals surface area contributed by atoms with Crippen LogP contribution in [0.4, 0.5) is 4.79 Å². The number of carboxylic acid groups (broad SMARTS) is 1. The number of carbonyl (C=O) groups is 2. The number of nitrogens with one attached hydrogen (secondary N) is 1. The molecule has 1 rings (SSSR count). The Bertz CT molecular complexity index is 334. The number of piperidine rings is 1. The summed E-state index contributed by atoms with van der Waals surface area (Å²) in [7, 11) is 3.94. The number of carboxylic acids is 1. The van der Waals surface area contributed by atoms with Crippen molar-refractivity contribution in [2.24, 2.45) is 0 Å². The van der Waals surface area contributed by atoms with Crippen molar-refractivity contribution in [2.45, 2.75) is 51.1 Å². The number of nitrogens with zero attached hydrogens (tertiary/aromatic N) is 2. The van der Waals surface area contributed by atoms with E-state index in [0.29, 0.717) is 6.42 Å². The highest BCUT2D eigenvalue weighted by Crippen LogP contribution is 2.21. The molecule has 6 heteroatoms. The summed E-state index contributed by atoms with van der Waals surface area (Å²) in [5.74, 6) is -0.795. The van der Waals surface area contributed by atoms with Crippen molar-refractivity contribution in [1.29, 1.82) is 0 Å². The van der Waals surface area contributed by atoms with Crippen LogP contribution < -0.4 is 5.32 Å². The molecule has 0 aliphatic carbocycles. The minimum Gasteiger partial charge on any atom is -0.481 e. The van der Waals surface area contributed by atoms with Crippen molar-refractivity contribution in [3.63, 3.8) is 0 Å². The molecule has 2 unspecified atom stereocenters. The minimum atomic E-state index is -0.795. The van der Waals surface area contributed by atoms with Crippen molar-refractivity contribution in [3.8, 4) is 0 Å². The zero-order valence-corrected chi connectivity index (χ0v) is 12.8. The van der Waals surface area contributed by atoms with Crippen molar-refractivity contribution in [1.82, 2.24) is 15.1 Å². The van der Waals surface area contributed by atoms with Crippen molar-refractivity contribution in [3.05, 3.63) is 0 Å². The Morgan fingerprint density at radius 1 is 1.40 bits per heavy atom. The van der Waals surface area contributed by atoms with Crippen LogP contribution in [0, 0.1) is 0 Å². The summed E-state index contributed by atoms with van der Waals surface area (Å²) in [6.07, 6.45) is 3.65. The summed E-state index contributed by atoms with van der Waals surface area (Å²) in [6.45, 7) is 3.50. The first-order valence-corrected chi connectivity index (χ1v) is 7.33. The molecule has 0 bridgehead atoms. The van der Waals surface area contributed by atoms with Gasteiger partial charge in [0.15, 0.2) is 0 Å². The van der Waals surface area contributed by atoms with E-state index in [0.717, 1.165) is 32.4 Å². The van der Waals surface area contributed by atoms with Crippen LogP contribution in [0.2, 0.25) is 0 Å². The smallest absolute Gasteiger partial charge is 0.317 e. The predicted octanol–water partition coefficient (Wildman–Crippen LogP) is 1.37. The Balaban J connectivity index is 2.51. The number of rotatable bonds is 6. The van der Waals surface area contributed by atoms with Gasteiger partial charge in [-0.2, -0.15) is 0 Å². The van der Waals surface area contributed by atoms with E-state index < -0.39 is 5.97 Å². The SMILES string of the molecule is CC(CN(C)C)NC(=O)N1CCCCC1CCC(=O)O. The Morgan fingerprint density at radius 3 is 2.70 bits per heavy atom. The number of urea groups is 1. The highest BCUT2D eigenvalue weighted by molar-refractivity contribution is 5.75. The molecular formula is C14H27N3O3. The monoisotopic (exact) mass is 285 g/mol. The van der Waals surface area contributed by atoms with Gasteiger partial charge in [0.05, 0.1) is 0 Å². The lowest BCUT2D eigenvalue weighted by molar-refractivity contribution is -0.137. The molecule has 1 heterocycles. The molecule has 116 valence electrons. The maximum absolute atomic E-state index is 12.3. The molecule has 2 atom stereocenters. The molecule has 20 heavy (non-hydrogen) atoms. The van der Waals surface area contributed by atoms with E-state index in [1.165, 1.54) is 0 Å². The number of amides is 2. The van der Waals surface area contributed by atoms with E-state index in [9.17, 15) is 9.59 Å². The fourth-order valence-electron chi connectivity index (χ4n) is 2.75. The van der Waals surface area contributed by atoms with Crippen molar-refractivity contribution < 1.29 is 14.7 Å². The summed E-state index contributed by atoms with van der Waals surface area (Å²) in [5, 5.41) is 11.8. The van der Waals surface area contributed by atoms with Crippen LogP contribution in [0.5, 0.6) is 0 Å². The fraction of sp³-hybridized carbons (Fsp3) is 0.857. The van der Waals surface area contributed by atoms with Crippen molar-refractivity contribution in [2.75, 3.05) is 27.2 Å². The molecule has 0 aromatic rings. The lowest BCUT2D eigenvalue weighted by atomic mass is 9.98. The maximum atomic E-state index is 12.3. The number of aliphatic carboxylic acids is 1. The number of likely N-dealkylation sites (N-methyl/N-ethyl adjacent to an activating group) is 1. The molecule has 6 nitrogen and oxygen atoms in total. The standard InChI is InChI=1S/C14H27N3O3/c1-11(10-16(2)3)15-14(20)17-9-5-4-6-12(17)7-8-13(18)19/h11-12H,4-10H2,1-3H3,(H,15,20)(H,18,19). The van der Waals surface area contributed by atoms with E-state index in [-0.39, 0.29) is 24.5 Å². The topological polar surface area (TPSA) is 72.9 Å². The van der Waals surface area contributed by atoms with Crippen LogP contribution >= 0.6 is 0 Å². The van der Waals surface area contributed by atoms with Gasteiger partial charge in [-0.25, -0.2) is 4.79 Å². The normalized spacial score (nSPS) is 20.8. The van der Waals surface area contributed by atoms with Gasteiger partial charge in [0.1, 0.15) is 0 Å². The molecule has 0 aromatic heterocycles. The third-order valence-electron chi connectivity index (χ3n) is 3.59. The Kier molecular flexibility index (Phi) is 6.78. The van der Waals surface area contributed by atoms with Gasteiger partial charge in [0.25, 0.3) is 0 Å². The van der Waals surface area contributed by atoms with Crippen LogP contribution in [0.15, 0.2) is 0 Å². The summed E-state index contributed by atoms with van der Waals surface area (Å²) in [4.78, 5) is 26.8. The van der Waals surface area contributed by atoms with E-state index in [4.69, 9.17) is 5.11 Å². The number of hydrogen-bond acceptors (Lipinski definition) is 3. The van der Waals surface area contributed by atoms with Crippen LogP contribution in [-0.4, -0.2) is 66.2 Å². The molecular weight excluding hydrogens is 258 g/mol. The van der Waals surface area contributed by atoms with Gasteiger partial charge in [-0.3, -0.25) is 4.79 Å². The molecule has 2 amide bonds. The van der Waals surface area contributed by atoms with Gasteiger partial charge in [-0.1, -0.05) is 0 Å². The Hall–Kier alpha value is -1.30. The molecule has 0 spiro atoms. The van der Waals surface area contributed by atoms with E-state index in [1.54, 1.807) is 0 Å². The second-order valence-electron chi connectivity index (χ2n) is 5.89. The van der Waals surface area contributed by atoms with Gasteiger partial charge in [0.2, 0.25) is 0 Å². The fourth-order valence-corrected chi connectivity index (χ4v) is 2.75. The lowest BCUT2D eigenvalue weighted by Gasteiger charge is -2.36. The largest absolute Gasteiger partial charge is 0.481 e. The molecule has 1 aliphatic rings. The first-order valence-electron chi connectivity index (χ1n) is 7.33. The number of hydrogen-bond donors (Lipinski definition) is 2. The van der Waals surface area contributed by atoms with Crippen LogP contribution in [0.25, 0.3) is 0 Å². The molecule has 1 saturated heterocycles. The quantitative estimate of drug-likeness (QED) is 0.773. The zero-order valence-electron chi connectivity index (χ0n) is 12.8. The summed E-state index contributed by atoms with van der Waals surface area (Å²) in [5.41, 5.74) is 0. The van der Waals surface area contributed by atoms with Gasteiger partial charge in [0, 0.05) is 31.6 Å². The average molecular weight is 285 g/mol. The zero-order chi connectivity index (χ0) is 15.1. The van der Waals surface area contributed by atoms with E-state index in [2.05, 4.69) is 5.32 Å². The second-order valence-corrected chi connectivity index (χ2v) is 5.89. The Labute approximate surface area is 121 Å². The summed E-state index contributed by atoms with van der Waals surface area (Å²) < 4.78 is 0. The molecule has 2 N–H and O–H groups in total.